The number of carbonyl (C=O) groups is 3. The number of ether oxygens (including phenoxy) is 2. The van der Waals surface area contributed by atoms with E-state index in [4.69, 9.17) is 9.47 Å². The van der Waals surface area contributed by atoms with E-state index in [1.807, 2.05) is 6.07 Å². The van der Waals surface area contributed by atoms with Gasteiger partial charge >= 0.3 is 11.9 Å². The molecule has 0 N–H and O–H groups in total. The Bertz CT molecular complexity index is 497. The Balaban J connectivity index is 2.82. The van der Waals surface area contributed by atoms with Crippen molar-refractivity contribution in [3.63, 3.8) is 0 Å². The number of hydrogen-bond acceptors (Lipinski definition) is 5. The number of benzene rings is 1. The molecule has 0 spiro atoms. The molecule has 0 heterocycles. The maximum absolute atomic E-state index is 12.3. The molecule has 0 atom stereocenters. The fourth-order valence-corrected chi connectivity index (χ4v) is 1.86. The lowest BCUT2D eigenvalue weighted by molar-refractivity contribution is -0.163. The monoisotopic (exact) mass is 307 g/mol. The number of anilines is 1. The van der Waals surface area contributed by atoms with E-state index in [1.54, 1.807) is 45.2 Å². The van der Waals surface area contributed by atoms with E-state index in [9.17, 15) is 14.4 Å². The third-order valence-corrected chi connectivity index (χ3v) is 3.04. The molecule has 0 aromatic heterocycles. The minimum absolute atomic E-state index is 0.136. The average Bonchev–Trinajstić information content (AvgIpc) is 2.52. The van der Waals surface area contributed by atoms with Gasteiger partial charge in [-0.3, -0.25) is 14.4 Å². The first-order valence-electron chi connectivity index (χ1n) is 7.16. The van der Waals surface area contributed by atoms with Crippen LogP contribution in [0.25, 0.3) is 0 Å². The summed E-state index contributed by atoms with van der Waals surface area (Å²) in [5, 5.41) is 0. The van der Waals surface area contributed by atoms with Gasteiger partial charge in [0.25, 0.3) is 0 Å². The van der Waals surface area contributed by atoms with Crippen LogP contribution in [0.4, 0.5) is 5.69 Å². The Morgan fingerprint density at radius 1 is 1.00 bits per heavy atom. The van der Waals surface area contributed by atoms with Crippen molar-refractivity contribution in [3.05, 3.63) is 30.3 Å². The summed E-state index contributed by atoms with van der Waals surface area (Å²) in [5.41, 5.74) is 0.680. The van der Waals surface area contributed by atoms with Crippen LogP contribution in [0.5, 0.6) is 0 Å². The first-order chi connectivity index (χ1) is 10.5. The van der Waals surface area contributed by atoms with Crippen LogP contribution in [0.3, 0.4) is 0 Å². The SMILES string of the molecule is CCOC(=O)C(CC(=O)N(C)c1ccccc1)C(=O)OCC. The summed E-state index contributed by atoms with van der Waals surface area (Å²) in [4.78, 5) is 37.4. The summed E-state index contributed by atoms with van der Waals surface area (Å²) in [5.74, 6) is -3.08. The normalized spacial score (nSPS) is 10.2. The van der Waals surface area contributed by atoms with E-state index in [0.29, 0.717) is 5.69 Å². The van der Waals surface area contributed by atoms with Gasteiger partial charge in [-0.25, -0.2) is 0 Å². The van der Waals surface area contributed by atoms with Gasteiger partial charge in [-0.15, -0.1) is 0 Å². The van der Waals surface area contributed by atoms with Gasteiger partial charge in [0.15, 0.2) is 5.92 Å². The predicted molar refractivity (Wildman–Crippen MR) is 81.2 cm³/mol. The van der Waals surface area contributed by atoms with Crippen LogP contribution in [-0.4, -0.2) is 38.1 Å². The fourth-order valence-electron chi connectivity index (χ4n) is 1.86. The van der Waals surface area contributed by atoms with Crippen LogP contribution in [0.2, 0.25) is 0 Å². The Kier molecular flexibility index (Phi) is 7.08. The average molecular weight is 307 g/mol. The lowest BCUT2D eigenvalue weighted by Crippen LogP contribution is -2.35. The molecule has 6 nitrogen and oxygen atoms in total. The summed E-state index contributed by atoms with van der Waals surface area (Å²) >= 11 is 0. The topological polar surface area (TPSA) is 72.9 Å². The van der Waals surface area contributed by atoms with Gasteiger partial charge in [0.05, 0.1) is 19.6 Å². The number of amides is 1. The molecule has 0 fully saturated rings. The van der Waals surface area contributed by atoms with Gasteiger partial charge in [0, 0.05) is 12.7 Å². The van der Waals surface area contributed by atoms with Crippen molar-refractivity contribution in [2.24, 2.45) is 5.92 Å². The maximum atomic E-state index is 12.3. The fraction of sp³-hybridized carbons (Fsp3) is 0.438. The second-order valence-corrected chi connectivity index (χ2v) is 4.55. The molecule has 0 aliphatic heterocycles. The highest BCUT2D eigenvalue weighted by Gasteiger charge is 2.33. The first-order valence-corrected chi connectivity index (χ1v) is 7.16. The van der Waals surface area contributed by atoms with E-state index >= 15 is 0 Å². The van der Waals surface area contributed by atoms with Gasteiger partial charge in [-0.05, 0) is 26.0 Å². The summed E-state index contributed by atoms with van der Waals surface area (Å²) < 4.78 is 9.69. The number of nitrogens with zero attached hydrogens (tertiary/aromatic N) is 1. The van der Waals surface area contributed by atoms with Gasteiger partial charge in [0.2, 0.25) is 5.91 Å². The molecule has 1 aromatic carbocycles. The smallest absolute Gasteiger partial charge is 0.320 e. The standard InChI is InChI=1S/C16H21NO5/c1-4-21-15(19)13(16(20)22-5-2)11-14(18)17(3)12-9-7-6-8-10-12/h6-10,13H,4-5,11H2,1-3H3. The summed E-state index contributed by atoms with van der Waals surface area (Å²) in [6.45, 7) is 3.55. The van der Waals surface area contributed by atoms with Crippen molar-refractivity contribution in [2.45, 2.75) is 20.3 Å². The van der Waals surface area contributed by atoms with Crippen molar-refractivity contribution >= 4 is 23.5 Å². The summed E-state index contributed by atoms with van der Waals surface area (Å²) in [6.07, 6.45) is -0.289. The third kappa shape index (κ3) is 4.87. The van der Waals surface area contributed by atoms with E-state index in [2.05, 4.69) is 0 Å². The van der Waals surface area contributed by atoms with E-state index in [0.717, 1.165) is 0 Å². The maximum Gasteiger partial charge on any atom is 0.320 e. The van der Waals surface area contributed by atoms with Crippen molar-refractivity contribution < 1.29 is 23.9 Å². The molecule has 0 saturated carbocycles. The summed E-state index contributed by atoms with van der Waals surface area (Å²) in [7, 11) is 1.59. The minimum atomic E-state index is -1.24. The number of rotatable bonds is 7. The van der Waals surface area contributed by atoms with Crippen LogP contribution >= 0.6 is 0 Å². The summed E-state index contributed by atoms with van der Waals surface area (Å²) in [6, 6.07) is 8.96. The van der Waals surface area contributed by atoms with Crippen molar-refractivity contribution in [3.8, 4) is 0 Å². The Morgan fingerprint density at radius 2 is 1.50 bits per heavy atom. The molecule has 22 heavy (non-hydrogen) atoms. The molecule has 0 aliphatic rings. The first kappa shape index (κ1) is 17.7. The van der Waals surface area contributed by atoms with Crippen LogP contribution in [0.15, 0.2) is 30.3 Å². The largest absolute Gasteiger partial charge is 0.465 e. The van der Waals surface area contributed by atoms with Crippen LogP contribution in [0.1, 0.15) is 20.3 Å². The highest BCUT2D eigenvalue weighted by molar-refractivity contribution is 6.02. The molecule has 1 amide bonds. The lowest BCUT2D eigenvalue weighted by Gasteiger charge is -2.20. The highest BCUT2D eigenvalue weighted by Crippen LogP contribution is 2.16. The number of carbonyl (C=O) groups excluding carboxylic acids is 3. The zero-order valence-electron chi connectivity index (χ0n) is 13.1. The minimum Gasteiger partial charge on any atom is -0.465 e. The Labute approximate surface area is 130 Å². The molecule has 0 aliphatic carbocycles. The van der Waals surface area contributed by atoms with E-state index < -0.39 is 17.9 Å². The molecular formula is C16H21NO5. The molecule has 0 unspecified atom stereocenters. The van der Waals surface area contributed by atoms with Gasteiger partial charge in [0.1, 0.15) is 0 Å². The Morgan fingerprint density at radius 3 is 1.95 bits per heavy atom. The Hall–Kier alpha value is -2.37. The number of hydrogen-bond donors (Lipinski definition) is 0. The molecule has 6 heteroatoms. The molecular weight excluding hydrogens is 286 g/mol. The molecule has 120 valence electrons. The van der Waals surface area contributed by atoms with Crippen molar-refractivity contribution in [2.75, 3.05) is 25.2 Å². The third-order valence-electron chi connectivity index (χ3n) is 3.04. The zero-order valence-corrected chi connectivity index (χ0v) is 13.1. The van der Waals surface area contributed by atoms with Crippen molar-refractivity contribution in [1.29, 1.82) is 0 Å². The van der Waals surface area contributed by atoms with Gasteiger partial charge in [-0.1, -0.05) is 18.2 Å². The second kappa shape index (κ2) is 8.81. The van der Waals surface area contributed by atoms with Gasteiger partial charge in [-0.2, -0.15) is 0 Å². The van der Waals surface area contributed by atoms with Crippen LogP contribution in [0, 0.1) is 5.92 Å². The lowest BCUT2D eigenvalue weighted by atomic mass is 10.0. The predicted octanol–water partition coefficient (Wildman–Crippen LogP) is 1.78. The molecule has 0 saturated heterocycles. The molecule has 0 bridgehead atoms. The van der Waals surface area contributed by atoms with E-state index in [1.165, 1.54) is 4.90 Å². The molecule has 1 aromatic rings. The van der Waals surface area contributed by atoms with Gasteiger partial charge < -0.3 is 14.4 Å². The van der Waals surface area contributed by atoms with Crippen LogP contribution < -0.4 is 4.90 Å². The molecule has 1 rings (SSSR count). The number of esters is 2. The highest BCUT2D eigenvalue weighted by atomic mass is 16.6. The van der Waals surface area contributed by atoms with E-state index in [-0.39, 0.29) is 25.5 Å². The van der Waals surface area contributed by atoms with Crippen LogP contribution in [-0.2, 0) is 23.9 Å². The molecule has 0 radical (unpaired) electrons. The second-order valence-electron chi connectivity index (χ2n) is 4.55. The van der Waals surface area contributed by atoms with Crippen molar-refractivity contribution in [1.82, 2.24) is 0 Å². The quantitative estimate of drug-likeness (QED) is 0.567. The zero-order chi connectivity index (χ0) is 16.5. The number of para-hydroxylation sites is 1.